The number of hydrogen-bond donors (Lipinski definition) is 1. The van der Waals surface area contributed by atoms with Gasteiger partial charge >= 0.3 is 0 Å². The fraction of sp³-hybridized carbons (Fsp3) is 0.318. The van der Waals surface area contributed by atoms with Crippen molar-refractivity contribution in [1.82, 2.24) is 9.89 Å². The summed E-state index contributed by atoms with van der Waals surface area (Å²) in [7, 11) is 0. The van der Waals surface area contributed by atoms with Crippen LogP contribution in [0.3, 0.4) is 0 Å². The van der Waals surface area contributed by atoms with Gasteiger partial charge in [-0.15, -0.1) is 9.89 Å². The number of aryl methyl sites for hydroxylation is 2. The number of amides is 1. The molecule has 1 fully saturated rings. The van der Waals surface area contributed by atoms with E-state index in [1.165, 1.54) is 0 Å². The molecule has 1 aliphatic heterocycles. The molecule has 7 nitrogen and oxygen atoms in total. The molecule has 1 saturated heterocycles. The van der Waals surface area contributed by atoms with Crippen LogP contribution in [0.5, 0.6) is 0 Å². The number of benzene rings is 2. The highest BCUT2D eigenvalue weighted by atomic mass is 16.5. The SMILES string of the molecule is Cc1ccc(C)c(CC(=O)Nn2nc(N3CCOCC3)c3ccccc3c2=O)c1. The first-order chi connectivity index (χ1) is 14.0. The lowest BCUT2D eigenvalue weighted by molar-refractivity contribution is -0.116. The molecule has 1 aromatic heterocycles. The molecule has 1 aliphatic rings. The molecule has 3 aromatic rings. The summed E-state index contributed by atoms with van der Waals surface area (Å²) in [6, 6.07) is 13.3. The van der Waals surface area contributed by atoms with Crippen LogP contribution in [0.25, 0.3) is 10.8 Å². The highest BCUT2D eigenvalue weighted by Crippen LogP contribution is 2.22. The largest absolute Gasteiger partial charge is 0.378 e. The fourth-order valence-electron chi connectivity index (χ4n) is 3.58. The van der Waals surface area contributed by atoms with Crippen molar-refractivity contribution in [3.63, 3.8) is 0 Å². The average molecular weight is 392 g/mol. The van der Waals surface area contributed by atoms with Gasteiger partial charge in [-0.05, 0) is 31.0 Å². The van der Waals surface area contributed by atoms with Gasteiger partial charge in [0.25, 0.3) is 5.56 Å². The van der Waals surface area contributed by atoms with Crippen LogP contribution in [0, 0.1) is 13.8 Å². The highest BCUT2D eigenvalue weighted by Gasteiger charge is 2.19. The van der Waals surface area contributed by atoms with Crippen molar-refractivity contribution in [2.45, 2.75) is 20.3 Å². The zero-order chi connectivity index (χ0) is 20.4. The van der Waals surface area contributed by atoms with Gasteiger partial charge in [-0.3, -0.25) is 9.59 Å². The van der Waals surface area contributed by atoms with Crippen LogP contribution in [0.15, 0.2) is 47.3 Å². The number of rotatable bonds is 4. The van der Waals surface area contributed by atoms with Crippen LogP contribution in [0.2, 0.25) is 0 Å². The van der Waals surface area contributed by atoms with Gasteiger partial charge in [0.1, 0.15) is 0 Å². The third-order valence-electron chi connectivity index (χ3n) is 5.18. The molecule has 0 aliphatic carbocycles. The van der Waals surface area contributed by atoms with Gasteiger partial charge < -0.3 is 9.64 Å². The highest BCUT2D eigenvalue weighted by molar-refractivity contribution is 5.92. The van der Waals surface area contributed by atoms with Gasteiger partial charge in [-0.2, -0.15) is 0 Å². The Morgan fingerprint density at radius 2 is 1.83 bits per heavy atom. The number of carbonyl (C=O) groups excluding carboxylic acids is 1. The number of aromatic nitrogens is 2. The molecule has 0 spiro atoms. The minimum atomic E-state index is -0.341. The van der Waals surface area contributed by atoms with Crippen molar-refractivity contribution < 1.29 is 9.53 Å². The Bertz CT molecular complexity index is 1120. The van der Waals surface area contributed by atoms with E-state index in [9.17, 15) is 9.59 Å². The lowest BCUT2D eigenvalue weighted by atomic mass is 10.0. The second-order valence-electron chi connectivity index (χ2n) is 7.33. The van der Waals surface area contributed by atoms with Gasteiger partial charge in [-0.1, -0.05) is 42.0 Å². The summed E-state index contributed by atoms with van der Waals surface area (Å²) in [5.74, 6) is 0.395. The van der Waals surface area contributed by atoms with Crippen molar-refractivity contribution >= 4 is 22.5 Å². The van der Waals surface area contributed by atoms with Gasteiger partial charge in [0.15, 0.2) is 5.82 Å². The maximum atomic E-state index is 12.9. The smallest absolute Gasteiger partial charge is 0.294 e. The normalized spacial score (nSPS) is 14.2. The minimum Gasteiger partial charge on any atom is -0.378 e. The molecule has 7 heteroatoms. The molecule has 29 heavy (non-hydrogen) atoms. The van der Waals surface area contributed by atoms with Crippen molar-refractivity contribution in [3.8, 4) is 0 Å². The molecule has 0 unspecified atom stereocenters. The zero-order valence-corrected chi connectivity index (χ0v) is 16.6. The van der Waals surface area contributed by atoms with E-state index in [4.69, 9.17) is 4.74 Å². The molecule has 150 valence electrons. The van der Waals surface area contributed by atoms with Crippen molar-refractivity contribution in [1.29, 1.82) is 0 Å². The molecular formula is C22H24N4O3. The predicted molar refractivity (Wildman–Crippen MR) is 113 cm³/mol. The number of nitrogens with one attached hydrogen (secondary N) is 1. The summed E-state index contributed by atoms with van der Waals surface area (Å²) >= 11 is 0. The minimum absolute atomic E-state index is 0.182. The molecule has 2 heterocycles. The van der Waals surface area contributed by atoms with Gasteiger partial charge in [0.2, 0.25) is 5.91 Å². The Morgan fingerprint density at radius 3 is 2.59 bits per heavy atom. The van der Waals surface area contributed by atoms with Crippen LogP contribution < -0.4 is 15.9 Å². The van der Waals surface area contributed by atoms with Crippen LogP contribution in [0.4, 0.5) is 5.82 Å². The summed E-state index contributed by atoms with van der Waals surface area (Å²) in [4.78, 5) is 28.7. The van der Waals surface area contributed by atoms with E-state index in [-0.39, 0.29) is 17.9 Å². The van der Waals surface area contributed by atoms with Gasteiger partial charge in [-0.25, -0.2) is 5.43 Å². The summed E-state index contributed by atoms with van der Waals surface area (Å²) < 4.78 is 5.43. The zero-order valence-electron chi connectivity index (χ0n) is 16.6. The van der Waals surface area contributed by atoms with E-state index in [1.54, 1.807) is 6.07 Å². The summed E-state index contributed by atoms with van der Waals surface area (Å²) in [6.45, 7) is 6.55. The van der Waals surface area contributed by atoms with Crippen LogP contribution in [-0.2, 0) is 16.0 Å². The van der Waals surface area contributed by atoms with Crippen LogP contribution >= 0.6 is 0 Å². The molecule has 1 N–H and O–H groups in total. The fourth-order valence-corrected chi connectivity index (χ4v) is 3.58. The molecule has 0 saturated carbocycles. The molecular weight excluding hydrogens is 368 g/mol. The van der Waals surface area contributed by atoms with E-state index >= 15 is 0 Å². The third-order valence-corrected chi connectivity index (χ3v) is 5.18. The topological polar surface area (TPSA) is 76.5 Å². The standard InChI is InChI=1S/C22H24N4O3/c1-15-7-8-16(2)17(13-15)14-20(27)23-26-22(28)19-6-4-3-5-18(19)21(24-26)25-9-11-29-12-10-25/h3-8,13H,9-12,14H2,1-2H3,(H,23,27). The lowest BCUT2D eigenvalue weighted by Gasteiger charge is -2.29. The maximum absolute atomic E-state index is 12.9. The molecule has 0 bridgehead atoms. The number of carbonyl (C=O) groups is 1. The summed E-state index contributed by atoms with van der Waals surface area (Å²) in [5, 5.41) is 5.79. The van der Waals surface area contributed by atoms with Crippen LogP contribution in [-0.4, -0.2) is 42.1 Å². The van der Waals surface area contributed by atoms with E-state index in [2.05, 4.69) is 15.4 Å². The second kappa shape index (κ2) is 8.05. The number of fused-ring (bicyclic) bond motifs is 1. The summed E-state index contributed by atoms with van der Waals surface area (Å²) in [6.07, 6.45) is 0.182. The van der Waals surface area contributed by atoms with Crippen molar-refractivity contribution in [3.05, 3.63) is 69.5 Å². The molecule has 4 rings (SSSR count). The first-order valence-corrected chi connectivity index (χ1v) is 9.73. The monoisotopic (exact) mass is 392 g/mol. The number of anilines is 1. The Hall–Kier alpha value is -3.19. The van der Waals surface area contributed by atoms with E-state index in [0.717, 1.165) is 26.9 Å². The Labute approximate surface area is 168 Å². The van der Waals surface area contributed by atoms with Gasteiger partial charge in [0, 0.05) is 18.5 Å². The molecule has 1 amide bonds. The predicted octanol–water partition coefficient (Wildman–Crippen LogP) is 2.16. The maximum Gasteiger partial charge on any atom is 0.294 e. The first kappa shape index (κ1) is 19.1. The number of morpholine rings is 1. The number of ether oxygens (including phenoxy) is 1. The Balaban J connectivity index is 1.68. The van der Waals surface area contributed by atoms with E-state index in [0.29, 0.717) is 37.5 Å². The average Bonchev–Trinajstić information content (AvgIpc) is 2.73. The van der Waals surface area contributed by atoms with Crippen LogP contribution in [0.1, 0.15) is 16.7 Å². The third kappa shape index (κ3) is 4.00. The second-order valence-corrected chi connectivity index (χ2v) is 7.33. The first-order valence-electron chi connectivity index (χ1n) is 9.73. The number of hydrogen-bond acceptors (Lipinski definition) is 5. The van der Waals surface area contributed by atoms with Gasteiger partial charge in [0.05, 0.1) is 25.0 Å². The lowest BCUT2D eigenvalue weighted by Crippen LogP contribution is -2.41. The van der Waals surface area contributed by atoms with Crippen molar-refractivity contribution in [2.24, 2.45) is 0 Å². The quantitative estimate of drug-likeness (QED) is 0.736. The Kier molecular flexibility index (Phi) is 5.31. The van der Waals surface area contributed by atoms with E-state index in [1.807, 2.05) is 50.2 Å². The van der Waals surface area contributed by atoms with E-state index < -0.39 is 0 Å². The Morgan fingerprint density at radius 1 is 1.10 bits per heavy atom. The van der Waals surface area contributed by atoms with Crippen molar-refractivity contribution in [2.75, 3.05) is 36.6 Å². The number of nitrogens with zero attached hydrogens (tertiary/aromatic N) is 3. The molecule has 2 aromatic carbocycles. The summed E-state index contributed by atoms with van der Waals surface area (Å²) in [5.41, 5.74) is 5.40. The molecule has 0 radical (unpaired) electrons. The molecule has 0 atom stereocenters.